The molecule has 3 rings (SSSR count). The van der Waals surface area contributed by atoms with Gasteiger partial charge in [-0.25, -0.2) is 0 Å². The summed E-state index contributed by atoms with van der Waals surface area (Å²) in [7, 11) is 0. The molecule has 1 saturated heterocycles. The first kappa shape index (κ1) is 16.9. The van der Waals surface area contributed by atoms with Crippen molar-refractivity contribution in [3.8, 4) is 6.07 Å². The van der Waals surface area contributed by atoms with Gasteiger partial charge in [-0.2, -0.15) is 5.26 Å². The van der Waals surface area contributed by atoms with Crippen LogP contribution in [0.15, 0.2) is 23.4 Å². The Kier molecular flexibility index (Phi) is 4.17. The Labute approximate surface area is 143 Å². The van der Waals surface area contributed by atoms with Crippen LogP contribution in [-0.4, -0.2) is 41.6 Å². The van der Waals surface area contributed by atoms with Crippen molar-refractivity contribution in [2.75, 3.05) is 13.2 Å². The fraction of sp³-hybridized carbons (Fsp3) is 0.471. The van der Waals surface area contributed by atoms with Crippen molar-refractivity contribution < 1.29 is 23.9 Å². The lowest BCUT2D eigenvalue weighted by Crippen LogP contribution is -2.38. The molecule has 1 aliphatic heterocycles. The molecule has 25 heavy (non-hydrogen) atoms. The maximum absolute atomic E-state index is 12.4. The Balaban J connectivity index is 1.59. The van der Waals surface area contributed by atoms with E-state index < -0.39 is 24.9 Å². The molecule has 0 aromatic heterocycles. The summed E-state index contributed by atoms with van der Waals surface area (Å²) in [6.07, 6.45) is 4.73. The highest BCUT2D eigenvalue weighted by molar-refractivity contribution is 6.08. The number of nitrogens with two attached hydrogens (primary N) is 1. The fourth-order valence-corrected chi connectivity index (χ4v) is 3.88. The summed E-state index contributed by atoms with van der Waals surface area (Å²) in [5.41, 5.74) is 5.15. The van der Waals surface area contributed by atoms with Gasteiger partial charge in [0.05, 0.1) is 11.8 Å². The summed E-state index contributed by atoms with van der Waals surface area (Å²) < 4.78 is 4.80. The number of rotatable bonds is 5. The first-order chi connectivity index (χ1) is 11.8. The molecule has 2 aliphatic carbocycles. The van der Waals surface area contributed by atoms with Crippen LogP contribution in [0.1, 0.15) is 13.3 Å². The van der Waals surface area contributed by atoms with Crippen molar-refractivity contribution in [1.82, 2.24) is 4.90 Å². The summed E-state index contributed by atoms with van der Waals surface area (Å²) in [5.74, 6) is -2.96. The first-order valence-corrected chi connectivity index (χ1v) is 7.94. The zero-order valence-electron chi connectivity index (χ0n) is 13.6. The van der Waals surface area contributed by atoms with E-state index >= 15 is 0 Å². The second kappa shape index (κ2) is 6.16. The average molecular weight is 343 g/mol. The quantitative estimate of drug-likeness (QED) is 0.237. The molecule has 4 atom stereocenters. The number of nitrogens with zero attached hydrogens (tertiary/aromatic N) is 2. The van der Waals surface area contributed by atoms with Crippen molar-refractivity contribution in [2.24, 2.45) is 29.4 Å². The largest absolute Gasteiger partial charge is 0.456 e. The molecule has 0 spiro atoms. The number of hydrogen-bond acceptors (Lipinski definition) is 7. The van der Waals surface area contributed by atoms with E-state index in [-0.39, 0.29) is 46.8 Å². The van der Waals surface area contributed by atoms with Crippen molar-refractivity contribution in [3.05, 3.63) is 23.4 Å². The monoisotopic (exact) mass is 343 g/mol. The average Bonchev–Trinajstić information content (AvgIpc) is 3.23. The standard InChI is InChI=1S/C17H17N3O5/c1-8(19)11(5-18)12(21)7-25-13(22)6-20-16(23)14-9-2-3-10(4-9)15(14)17(20)24/h2-3,9-10,14-15H,4,6-7,19H2,1H3/b11-8-. The molecule has 0 radical (unpaired) electrons. The Bertz CT molecular complexity index is 742. The van der Waals surface area contributed by atoms with Crippen LogP contribution < -0.4 is 5.73 Å². The van der Waals surface area contributed by atoms with Gasteiger partial charge in [-0.1, -0.05) is 12.2 Å². The van der Waals surface area contributed by atoms with Crippen LogP contribution in [0.3, 0.4) is 0 Å². The second-order valence-electron chi connectivity index (χ2n) is 6.52. The number of carbonyl (C=O) groups excluding carboxylic acids is 4. The molecule has 3 aliphatic rings. The molecule has 8 heteroatoms. The number of allylic oxidation sites excluding steroid dienone is 3. The van der Waals surface area contributed by atoms with E-state index in [2.05, 4.69) is 0 Å². The number of imide groups is 1. The summed E-state index contributed by atoms with van der Waals surface area (Å²) in [6, 6.07) is 1.64. The van der Waals surface area contributed by atoms with Crippen LogP contribution >= 0.6 is 0 Å². The van der Waals surface area contributed by atoms with Gasteiger partial charge >= 0.3 is 5.97 Å². The first-order valence-electron chi connectivity index (χ1n) is 7.94. The zero-order valence-corrected chi connectivity index (χ0v) is 13.6. The molecule has 2 fully saturated rings. The minimum absolute atomic E-state index is 0.0317. The number of carbonyl (C=O) groups is 4. The zero-order chi connectivity index (χ0) is 18.3. The number of hydrogen-bond donors (Lipinski definition) is 1. The van der Waals surface area contributed by atoms with E-state index in [0.717, 1.165) is 11.3 Å². The Morgan fingerprint density at radius 1 is 1.28 bits per heavy atom. The third-order valence-electron chi connectivity index (χ3n) is 5.00. The van der Waals surface area contributed by atoms with Crippen molar-refractivity contribution in [2.45, 2.75) is 13.3 Å². The van der Waals surface area contributed by atoms with Crippen LogP contribution in [0.5, 0.6) is 0 Å². The number of esters is 1. The van der Waals surface area contributed by atoms with E-state index in [9.17, 15) is 19.2 Å². The summed E-state index contributed by atoms with van der Waals surface area (Å²) in [6.45, 7) is 0.206. The van der Waals surface area contributed by atoms with Crippen LogP contribution in [0, 0.1) is 35.0 Å². The highest BCUT2D eigenvalue weighted by Crippen LogP contribution is 2.52. The van der Waals surface area contributed by atoms with Gasteiger partial charge in [-0.05, 0) is 25.2 Å². The summed E-state index contributed by atoms with van der Waals surface area (Å²) >= 11 is 0. The van der Waals surface area contributed by atoms with Crippen LogP contribution in [0.2, 0.25) is 0 Å². The molecule has 2 N–H and O–H groups in total. The molecule has 4 unspecified atom stereocenters. The third-order valence-corrected chi connectivity index (χ3v) is 5.00. The van der Waals surface area contributed by atoms with Gasteiger partial charge in [0, 0.05) is 5.70 Å². The van der Waals surface area contributed by atoms with Gasteiger partial charge in [0.1, 0.15) is 18.2 Å². The molecule has 2 bridgehead atoms. The second-order valence-corrected chi connectivity index (χ2v) is 6.52. The number of Topliss-reactive ketones (excluding diaryl/α,β-unsaturated/α-hetero) is 1. The Hall–Kier alpha value is -2.95. The predicted molar refractivity (Wildman–Crippen MR) is 82.9 cm³/mol. The number of ether oxygens (including phenoxy) is 1. The van der Waals surface area contributed by atoms with Crippen molar-refractivity contribution in [1.29, 1.82) is 5.26 Å². The molecule has 0 aromatic rings. The van der Waals surface area contributed by atoms with Crippen LogP contribution in [-0.2, 0) is 23.9 Å². The maximum Gasteiger partial charge on any atom is 0.326 e. The van der Waals surface area contributed by atoms with Gasteiger partial charge in [-0.15, -0.1) is 0 Å². The maximum atomic E-state index is 12.4. The van der Waals surface area contributed by atoms with Gasteiger partial charge in [0.15, 0.2) is 6.61 Å². The van der Waals surface area contributed by atoms with Crippen LogP contribution in [0.25, 0.3) is 0 Å². The van der Waals surface area contributed by atoms with Gasteiger partial charge in [0.25, 0.3) is 0 Å². The number of amides is 2. The van der Waals surface area contributed by atoms with Gasteiger partial charge in [0.2, 0.25) is 17.6 Å². The van der Waals surface area contributed by atoms with Gasteiger partial charge in [-0.3, -0.25) is 24.1 Å². The van der Waals surface area contributed by atoms with E-state index in [1.807, 2.05) is 12.2 Å². The number of fused-ring (bicyclic) bond motifs is 5. The van der Waals surface area contributed by atoms with E-state index in [4.69, 9.17) is 15.7 Å². The van der Waals surface area contributed by atoms with E-state index in [0.29, 0.717) is 0 Å². The molecular formula is C17H17N3O5. The Morgan fingerprint density at radius 3 is 2.32 bits per heavy atom. The van der Waals surface area contributed by atoms with Gasteiger partial charge < -0.3 is 10.5 Å². The lowest BCUT2D eigenvalue weighted by atomic mass is 9.85. The number of nitriles is 1. The van der Waals surface area contributed by atoms with Crippen molar-refractivity contribution >= 4 is 23.6 Å². The molecule has 130 valence electrons. The molecular weight excluding hydrogens is 326 g/mol. The minimum Gasteiger partial charge on any atom is -0.456 e. The lowest BCUT2D eigenvalue weighted by molar-refractivity contribution is -0.154. The van der Waals surface area contributed by atoms with E-state index in [1.54, 1.807) is 6.07 Å². The molecule has 1 saturated carbocycles. The topological polar surface area (TPSA) is 131 Å². The molecule has 8 nitrogen and oxygen atoms in total. The normalized spacial score (nSPS) is 30.2. The predicted octanol–water partition coefficient (Wildman–Crippen LogP) is -0.338. The molecule has 2 amide bonds. The minimum atomic E-state index is -0.873. The Morgan fingerprint density at radius 2 is 1.84 bits per heavy atom. The number of ketones is 1. The van der Waals surface area contributed by atoms with E-state index in [1.165, 1.54) is 6.92 Å². The number of likely N-dealkylation sites (tertiary alicyclic amines) is 1. The van der Waals surface area contributed by atoms with Crippen molar-refractivity contribution in [3.63, 3.8) is 0 Å². The molecule has 1 heterocycles. The SMILES string of the molecule is C/C(N)=C(\C#N)C(=O)COC(=O)CN1C(=O)C2C3C=CC(C3)C2C1=O. The highest BCUT2D eigenvalue weighted by atomic mass is 16.5. The lowest BCUT2D eigenvalue weighted by Gasteiger charge is -2.16. The summed E-state index contributed by atoms with van der Waals surface area (Å²) in [5, 5.41) is 8.83. The smallest absolute Gasteiger partial charge is 0.326 e. The summed E-state index contributed by atoms with van der Waals surface area (Å²) in [4.78, 5) is 49.4. The fourth-order valence-electron chi connectivity index (χ4n) is 3.88. The van der Waals surface area contributed by atoms with Crippen LogP contribution in [0.4, 0.5) is 0 Å². The highest BCUT2D eigenvalue weighted by Gasteiger charge is 2.59. The third kappa shape index (κ3) is 2.71. The molecule has 0 aromatic carbocycles.